The quantitative estimate of drug-likeness (QED) is 0.461. The maximum atomic E-state index is 12.8. The van der Waals surface area contributed by atoms with Gasteiger partial charge in [0.1, 0.15) is 5.82 Å². The predicted octanol–water partition coefficient (Wildman–Crippen LogP) is 3.59. The van der Waals surface area contributed by atoms with Crippen molar-refractivity contribution in [3.8, 4) is 0 Å². The van der Waals surface area contributed by atoms with Gasteiger partial charge in [-0.15, -0.1) is 0 Å². The van der Waals surface area contributed by atoms with Crippen molar-refractivity contribution in [3.63, 3.8) is 0 Å². The molecule has 0 radical (unpaired) electrons. The molecule has 3 nitrogen and oxygen atoms in total. The Balaban J connectivity index is 2.00. The second kappa shape index (κ2) is 7.36. The molecule has 108 valence electrons. The van der Waals surface area contributed by atoms with E-state index in [4.69, 9.17) is 4.84 Å². The van der Waals surface area contributed by atoms with Crippen molar-refractivity contribution in [2.75, 3.05) is 7.11 Å². The average Bonchev–Trinajstić information content (AvgIpc) is 2.52. The zero-order valence-electron chi connectivity index (χ0n) is 11.7. The Morgan fingerprint density at radius 1 is 1.14 bits per heavy atom. The van der Waals surface area contributed by atoms with Crippen LogP contribution in [0.2, 0.25) is 0 Å². The Kier molecular flexibility index (Phi) is 5.23. The lowest BCUT2D eigenvalue weighted by molar-refractivity contribution is -0.0950. The van der Waals surface area contributed by atoms with Gasteiger partial charge in [-0.2, -0.15) is 0 Å². The third-order valence-electron chi connectivity index (χ3n) is 2.94. The van der Waals surface area contributed by atoms with Crippen molar-refractivity contribution in [1.82, 2.24) is 5.06 Å². The highest BCUT2D eigenvalue weighted by atomic mass is 19.1. The van der Waals surface area contributed by atoms with Crippen molar-refractivity contribution in [2.45, 2.75) is 6.54 Å². The van der Waals surface area contributed by atoms with Crippen LogP contribution in [0.15, 0.2) is 66.9 Å². The first kappa shape index (κ1) is 14.9. The van der Waals surface area contributed by atoms with Gasteiger partial charge in [-0.05, 0) is 29.8 Å². The van der Waals surface area contributed by atoms with E-state index < -0.39 is 0 Å². The molecule has 4 heteroatoms. The van der Waals surface area contributed by atoms with Gasteiger partial charge in [0.05, 0.1) is 13.7 Å². The Morgan fingerprint density at radius 3 is 2.43 bits per heavy atom. The lowest BCUT2D eigenvalue weighted by atomic mass is 10.1. The molecule has 0 aromatic heterocycles. The van der Waals surface area contributed by atoms with Gasteiger partial charge in [0.2, 0.25) is 0 Å². The van der Waals surface area contributed by atoms with Crippen LogP contribution in [0.1, 0.15) is 15.9 Å². The Morgan fingerprint density at radius 2 is 1.81 bits per heavy atom. The van der Waals surface area contributed by atoms with E-state index in [2.05, 4.69) is 0 Å². The van der Waals surface area contributed by atoms with Gasteiger partial charge >= 0.3 is 0 Å². The van der Waals surface area contributed by atoms with Gasteiger partial charge < -0.3 is 0 Å². The molecule has 0 aliphatic carbocycles. The third kappa shape index (κ3) is 4.54. The summed E-state index contributed by atoms with van der Waals surface area (Å²) < 4.78 is 12.8. The van der Waals surface area contributed by atoms with Crippen LogP contribution in [-0.4, -0.2) is 18.0 Å². The minimum atomic E-state index is -0.363. The molecule has 0 bridgehead atoms. The number of hydrogen-bond donors (Lipinski definition) is 0. The smallest absolute Gasteiger partial charge is 0.187 e. The minimum Gasteiger partial charge on any atom is -0.289 e. The maximum absolute atomic E-state index is 12.8. The zero-order valence-corrected chi connectivity index (χ0v) is 11.7. The number of rotatable bonds is 6. The van der Waals surface area contributed by atoms with E-state index in [-0.39, 0.29) is 11.6 Å². The van der Waals surface area contributed by atoms with Gasteiger partial charge in [-0.3, -0.25) is 14.7 Å². The average molecular weight is 285 g/mol. The number of hydroxylamine groups is 2. The summed E-state index contributed by atoms with van der Waals surface area (Å²) in [6.07, 6.45) is 2.97. The van der Waals surface area contributed by atoms with Gasteiger partial charge in [0.25, 0.3) is 0 Å². The van der Waals surface area contributed by atoms with Crippen LogP contribution in [-0.2, 0) is 11.4 Å². The number of carbonyl (C=O) groups is 1. The minimum absolute atomic E-state index is 0.204. The van der Waals surface area contributed by atoms with Crippen molar-refractivity contribution in [2.24, 2.45) is 0 Å². The second-order valence-electron chi connectivity index (χ2n) is 4.43. The van der Waals surface area contributed by atoms with E-state index in [0.29, 0.717) is 12.1 Å². The molecule has 2 rings (SSSR count). The number of allylic oxidation sites excluding steroid dienone is 1. The van der Waals surface area contributed by atoms with Gasteiger partial charge in [0.15, 0.2) is 5.78 Å². The number of benzene rings is 2. The molecule has 21 heavy (non-hydrogen) atoms. The van der Waals surface area contributed by atoms with Gasteiger partial charge in [0, 0.05) is 17.8 Å². The number of ketones is 1. The highest BCUT2D eigenvalue weighted by Crippen LogP contribution is 2.07. The van der Waals surface area contributed by atoms with Crippen molar-refractivity contribution >= 4 is 5.78 Å². The van der Waals surface area contributed by atoms with Crippen molar-refractivity contribution in [3.05, 3.63) is 83.8 Å². The highest BCUT2D eigenvalue weighted by molar-refractivity contribution is 6.04. The summed E-state index contributed by atoms with van der Waals surface area (Å²) in [4.78, 5) is 17.1. The molecule has 0 atom stereocenters. The van der Waals surface area contributed by atoms with Crippen LogP contribution < -0.4 is 0 Å². The zero-order chi connectivity index (χ0) is 15.1. The molecule has 0 heterocycles. The summed E-state index contributed by atoms with van der Waals surface area (Å²) in [6.45, 7) is 0.532. The first-order valence-corrected chi connectivity index (χ1v) is 6.52. The molecule has 0 unspecified atom stereocenters. The molecule has 0 aliphatic rings. The topological polar surface area (TPSA) is 29.5 Å². The molecule has 0 saturated carbocycles. The largest absolute Gasteiger partial charge is 0.289 e. The summed E-state index contributed by atoms with van der Waals surface area (Å²) in [6, 6.07) is 15.2. The maximum Gasteiger partial charge on any atom is 0.187 e. The fourth-order valence-corrected chi connectivity index (χ4v) is 1.80. The summed E-state index contributed by atoms with van der Waals surface area (Å²) in [5, 5.41) is 1.55. The van der Waals surface area contributed by atoms with E-state index in [1.165, 1.54) is 37.5 Å². The van der Waals surface area contributed by atoms with Crippen molar-refractivity contribution < 1.29 is 14.0 Å². The SMILES string of the molecule is CON(/C=C\C(=O)c1ccc(F)cc1)Cc1ccccc1. The summed E-state index contributed by atoms with van der Waals surface area (Å²) in [5.74, 6) is -0.566. The summed E-state index contributed by atoms with van der Waals surface area (Å²) >= 11 is 0. The fourth-order valence-electron chi connectivity index (χ4n) is 1.80. The second-order valence-corrected chi connectivity index (χ2v) is 4.43. The lowest BCUT2D eigenvalue weighted by Gasteiger charge is -2.16. The summed E-state index contributed by atoms with van der Waals surface area (Å²) in [5.41, 5.74) is 1.50. The van der Waals surface area contributed by atoms with Crippen LogP contribution in [0, 0.1) is 5.82 Å². The van der Waals surface area contributed by atoms with Crippen LogP contribution in [0.5, 0.6) is 0 Å². The molecule has 0 amide bonds. The van der Waals surface area contributed by atoms with Gasteiger partial charge in [-0.1, -0.05) is 30.3 Å². The third-order valence-corrected chi connectivity index (χ3v) is 2.94. The Hall–Kier alpha value is -2.46. The van der Waals surface area contributed by atoms with Gasteiger partial charge in [-0.25, -0.2) is 4.39 Å². The standard InChI is InChI=1S/C17H16FNO2/c1-21-19(13-14-5-3-2-4-6-14)12-11-17(20)15-7-9-16(18)10-8-15/h2-12H,13H2,1H3/b12-11-. The van der Waals surface area contributed by atoms with Crippen LogP contribution in [0.3, 0.4) is 0 Å². The van der Waals surface area contributed by atoms with E-state index in [1.807, 2.05) is 30.3 Å². The molecule has 0 aliphatic heterocycles. The van der Waals surface area contributed by atoms with E-state index in [1.54, 1.807) is 11.3 Å². The van der Waals surface area contributed by atoms with E-state index in [0.717, 1.165) is 5.56 Å². The van der Waals surface area contributed by atoms with Crippen LogP contribution >= 0.6 is 0 Å². The molecule has 2 aromatic rings. The van der Waals surface area contributed by atoms with E-state index >= 15 is 0 Å². The number of carbonyl (C=O) groups excluding carboxylic acids is 1. The van der Waals surface area contributed by atoms with Crippen molar-refractivity contribution in [1.29, 1.82) is 0 Å². The highest BCUT2D eigenvalue weighted by Gasteiger charge is 2.04. The Bertz CT molecular complexity index is 608. The molecule has 2 aromatic carbocycles. The molecule has 0 fully saturated rings. The first-order valence-electron chi connectivity index (χ1n) is 6.52. The number of halogens is 1. The number of nitrogens with zero attached hydrogens (tertiary/aromatic N) is 1. The first-order chi connectivity index (χ1) is 10.2. The molecular weight excluding hydrogens is 269 g/mol. The number of hydrogen-bond acceptors (Lipinski definition) is 3. The van der Waals surface area contributed by atoms with Crippen LogP contribution in [0.4, 0.5) is 4.39 Å². The molecule has 0 saturated heterocycles. The fraction of sp³-hybridized carbons (Fsp3) is 0.118. The molecule has 0 N–H and O–H groups in total. The Labute approximate surface area is 123 Å². The van der Waals surface area contributed by atoms with E-state index in [9.17, 15) is 9.18 Å². The molecule has 0 spiro atoms. The molecular formula is C17H16FNO2. The van der Waals surface area contributed by atoms with Crippen LogP contribution in [0.25, 0.3) is 0 Å². The summed E-state index contributed by atoms with van der Waals surface area (Å²) in [7, 11) is 1.54. The normalized spacial score (nSPS) is 10.8. The monoisotopic (exact) mass is 285 g/mol. The predicted molar refractivity (Wildman–Crippen MR) is 78.9 cm³/mol. The lowest BCUT2D eigenvalue weighted by Crippen LogP contribution is -2.15.